The zero-order valence-corrected chi connectivity index (χ0v) is 9.42. The zero-order chi connectivity index (χ0) is 10.7. The number of likely N-dealkylation sites (N-methyl/N-ethyl adjacent to an activating group) is 1. The number of ether oxygens (including phenoxy) is 1. The Morgan fingerprint density at radius 2 is 2.33 bits per heavy atom. The van der Waals surface area contributed by atoms with E-state index in [4.69, 9.17) is 4.74 Å². The molecule has 0 radical (unpaired) electrons. The van der Waals surface area contributed by atoms with Gasteiger partial charge in [-0.25, -0.2) is 0 Å². The number of fused-ring (bicyclic) bond motifs is 1. The van der Waals surface area contributed by atoms with Crippen LogP contribution < -0.4 is 15.0 Å². The van der Waals surface area contributed by atoms with Crippen LogP contribution in [-0.4, -0.2) is 26.7 Å². The molecule has 1 heterocycles. The van der Waals surface area contributed by atoms with E-state index in [1.807, 2.05) is 6.07 Å². The minimum absolute atomic E-state index is 0.899. The summed E-state index contributed by atoms with van der Waals surface area (Å²) >= 11 is 0. The highest BCUT2D eigenvalue weighted by Crippen LogP contribution is 2.30. The first-order chi connectivity index (χ1) is 7.36. The molecular formula is C12H18N2O. The fraction of sp³-hybridized carbons (Fsp3) is 0.500. The van der Waals surface area contributed by atoms with Gasteiger partial charge in [0, 0.05) is 37.4 Å². The summed E-state index contributed by atoms with van der Waals surface area (Å²) in [4.78, 5) is 2.39. The molecule has 0 saturated heterocycles. The quantitative estimate of drug-likeness (QED) is 0.796. The van der Waals surface area contributed by atoms with Crippen molar-refractivity contribution in [1.29, 1.82) is 0 Å². The van der Waals surface area contributed by atoms with E-state index in [1.165, 1.54) is 11.3 Å². The van der Waals surface area contributed by atoms with Gasteiger partial charge >= 0.3 is 0 Å². The second-order valence-corrected chi connectivity index (χ2v) is 3.71. The van der Waals surface area contributed by atoms with E-state index < -0.39 is 0 Å². The molecule has 0 aliphatic carbocycles. The first kappa shape index (κ1) is 10.3. The Balaban J connectivity index is 2.44. The van der Waals surface area contributed by atoms with Crippen LogP contribution in [0.4, 0.5) is 5.69 Å². The maximum absolute atomic E-state index is 5.39. The van der Waals surface area contributed by atoms with Crippen molar-refractivity contribution in [3.63, 3.8) is 0 Å². The minimum Gasteiger partial charge on any atom is -0.496 e. The molecular weight excluding hydrogens is 188 g/mol. The van der Waals surface area contributed by atoms with Crippen LogP contribution in [0.15, 0.2) is 18.2 Å². The highest BCUT2D eigenvalue weighted by atomic mass is 16.5. The molecule has 1 aromatic carbocycles. The van der Waals surface area contributed by atoms with Gasteiger partial charge in [-0.15, -0.1) is 0 Å². The fourth-order valence-electron chi connectivity index (χ4n) is 2.10. The summed E-state index contributed by atoms with van der Waals surface area (Å²) in [6.45, 7) is 6.23. The van der Waals surface area contributed by atoms with Crippen LogP contribution in [0.25, 0.3) is 0 Å². The van der Waals surface area contributed by atoms with Gasteiger partial charge in [-0.05, 0) is 19.1 Å². The van der Waals surface area contributed by atoms with Crippen molar-refractivity contribution in [2.45, 2.75) is 13.5 Å². The number of hydrogen-bond acceptors (Lipinski definition) is 3. The lowest BCUT2D eigenvalue weighted by Gasteiger charge is -2.23. The highest BCUT2D eigenvalue weighted by Gasteiger charge is 2.16. The Morgan fingerprint density at radius 3 is 3.07 bits per heavy atom. The van der Waals surface area contributed by atoms with Gasteiger partial charge in [0.25, 0.3) is 0 Å². The Labute approximate surface area is 91.0 Å². The molecule has 82 valence electrons. The summed E-state index contributed by atoms with van der Waals surface area (Å²) < 4.78 is 5.39. The molecule has 0 amide bonds. The summed E-state index contributed by atoms with van der Waals surface area (Å²) in [5, 5.41) is 3.42. The van der Waals surface area contributed by atoms with Crippen molar-refractivity contribution < 1.29 is 4.74 Å². The average molecular weight is 206 g/mol. The predicted octanol–water partition coefficient (Wildman–Crippen LogP) is 1.62. The lowest BCUT2D eigenvalue weighted by molar-refractivity contribution is 0.408. The molecule has 0 aromatic heterocycles. The number of methoxy groups -OCH3 is 1. The standard InChI is InChI=1S/C12H18N2O/c1-3-14-8-7-13-9-10-11(14)5-4-6-12(10)15-2/h4-6,13H,3,7-9H2,1-2H3. The molecule has 0 bridgehead atoms. The van der Waals surface area contributed by atoms with Gasteiger partial charge in [0.05, 0.1) is 7.11 Å². The molecule has 0 saturated carbocycles. The SMILES string of the molecule is CCN1CCNCc2c(OC)cccc21. The third-order valence-corrected chi connectivity index (χ3v) is 2.91. The Bertz CT molecular complexity index is 338. The van der Waals surface area contributed by atoms with Crippen molar-refractivity contribution in [2.75, 3.05) is 31.6 Å². The second-order valence-electron chi connectivity index (χ2n) is 3.71. The van der Waals surface area contributed by atoms with Gasteiger partial charge in [-0.2, -0.15) is 0 Å². The fourth-order valence-corrected chi connectivity index (χ4v) is 2.10. The van der Waals surface area contributed by atoms with E-state index in [2.05, 4.69) is 29.3 Å². The van der Waals surface area contributed by atoms with Crippen molar-refractivity contribution in [3.8, 4) is 5.75 Å². The number of anilines is 1. The lowest BCUT2D eigenvalue weighted by Crippen LogP contribution is -2.28. The molecule has 0 fully saturated rings. The molecule has 1 aromatic rings. The lowest BCUT2D eigenvalue weighted by atomic mass is 10.1. The van der Waals surface area contributed by atoms with E-state index in [0.29, 0.717) is 0 Å². The topological polar surface area (TPSA) is 24.5 Å². The predicted molar refractivity (Wildman–Crippen MR) is 62.6 cm³/mol. The van der Waals surface area contributed by atoms with E-state index >= 15 is 0 Å². The molecule has 1 aliphatic heterocycles. The van der Waals surface area contributed by atoms with Crippen LogP contribution in [0.5, 0.6) is 5.75 Å². The number of hydrogen-bond donors (Lipinski definition) is 1. The van der Waals surface area contributed by atoms with Gasteiger partial charge in [-0.1, -0.05) is 6.07 Å². The van der Waals surface area contributed by atoms with Gasteiger partial charge < -0.3 is 15.0 Å². The normalized spacial score (nSPS) is 15.7. The molecule has 3 heteroatoms. The largest absolute Gasteiger partial charge is 0.496 e. The molecule has 0 unspecified atom stereocenters. The van der Waals surface area contributed by atoms with Crippen molar-refractivity contribution >= 4 is 5.69 Å². The van der Waals surface area contributed by atoms with E-state index in [0.717, 1.165) is 31.9 Å². The first-order valence-corrected chi connectivity index (χ1v) is 5.48. The van der Waals surface area contributed by atoms with Crippen LogP contribution in [0.1, 0.15) is 12.5 Å². The molecule has 2 rings (SSSR count). The third kappa shape index (κ3) is 1.92. The molecule has 0 atom stereocenters. The molecule has 3 nitrogen and oxygen atoms in total. The van der Waals surface area contributed by atoms with Crippen LogP contribution in [0.3, 0.4) is 0 Å². The smallest absolute Gasteiger partial charge is 0.125 e. The Hall–Kier alpha value is -1.22. The Morgan fingerprint density at radius 1 is 1.47 bits per heavy atom. The van der Waals surface area contributed by atoms with Crippen molar-refractivity contribution in [3.05, 3.63) is 23.8 Å². The third-order valence-electron chi connectivity index (χ3n) is 2.91. The summed E-state index contributed by atoms with van der Waals surface area (Å²) in [6.07, 6.45) is 0. The van der Waals surface area contributed by atoms with Gasteiger partial charge in [-0.3, -0.25) is 0 Å². The van der Waals surface area contributed by atoms with Gasteiger partial charge in [0.2, 0.25) is 0 Å². The van der Waals surface area contributed by atoms with E-state index in [-0.39, 0.29) is 0 Å². The summed E-state index contributed by atoms with van der Waals surface area (Å²) in [7, 11) is 1.73. The number of benzene rings is 1. The number of rotatable bonds is 2. The van der Waals surface area contributed by atoms with E-state index in [9.17, 15) is 0 Å². The van der Waals surface area contributed by atoms with E-state index in [1.54, 1.807) is 7.11 Å². The molecule has 1 N–H and O–H groups in total. The van der Waals surface area contributed by atoms with Crippen molar-refractivity contribution in [2.24, 2.45) is 0 Å². The number of nitrogens with one attached hydrogen (secondary N) is 1. The summed E-state index contributed by atoms with van der Waals surface area (Å²) in [5.41, 5.74) is 2.58. The maximum atomic E-state index is 5.39. The highest BCUT2D eigenvalue weighted by molar-refractivity contribution is 5.60. The molecule has 0 spiro atoms. The summed E-state index contributed by atoms with van der Waals surface area (Å²) in [5.74, 6) is 0.986. The van der Waals surface area contributed by atoms with Crippen LogP contribution >= 0.6 is 0 Å². The summed E-state index contributed by atoms with van der Waals surface area (Å²) in [6, 6.07) is 6.26. The van der Waals surface area contributed by atoms with Crippen molar-refractivity contribution in [1.82, 2.24) is 5.32 Å². The maximum Gasteiger partial charge on any atom is 0.125 e. The zero-order valence-electron chi connectivity index (χ0n) is 9.42. The Kier molecular flexibility index (Phi) is 3.11. The van der Waals surface area contributed by atoms with Crippen LogP contribution in [0, 0.1) is 0 Å². The van der Waals surface area contributed by atoms with Gasteiger partial charge in [0.1, 0.15) is 5.75 Å². The average Bonchev–Trinajstić information content (AvgIpc) is 2.50. The number of nitrogens with zero attached hydrogens (tertiary/aromatic N) is 1. The minimum atomic E-state index is 0.899. The molecule has 1 aliphatic rings. The second kappa shape index (κ2) is 4.53. The molecule has 15 heavy (non-hydrogen) atoms. The monoisotopic (exact) mass is 206 g/mol. The van der Waals surface area contributed by atoms with Gasteiger partial charge in [0.15, 0.2) is 0 Å². The first-order valence-electron chi connectivity index (χ1n) is 5.48. The van der Waals surface area contributed by atoms with Crippen LogP contribution in [0.2, 0.25) is 0 Å². The van der Waals surface area contributed by atoms with Crippen LogP contribution in [-0.2, 0) is 6.54 Å².